The Morgan fingerprint density at radius 1 is 1.29 bits per heavy atom. The van der Waals surface area contributed by atoms with Gasteiger partial charge in [0.1, 0.15) is 17.1 Å². The van der Waals surface area contributed by atoms with Gasteiger partial charge >= 0.3 is 0 Å². The molecule has 0 aliphatic heterocycles. The number of hydrogen-bond donors (Lipinski definition) is 1. The van der Waals surface area contributed by atoms with Crippen LogP contribution in [0.15, 0.2) is 36.7 Å². The lowest BCUT2D eigenvalue weighted by Crippen LogP contribution is -1.93. The zero-order valence-electron chi connectivity index (χ0n) is 13.0. The Kier molecular flexibility index (Phi) is 3.34. The first kappa shape index (κ1) is 14.8. The number of nitrogens with two attached hydrogens (primary N) is 1. The third-order valence-electron chi connectivity index (χ3n) is 4.02. The van der Waals surface area contributed by atoms with Crippen LogP contribution in [0.2, 0.25) is 0 Å². The third kappa shape index (κ3) is 2.10. The van der Waals surface area contributed by atoms with Crippen molar-refractivity contribution in [1.29, 1.82) is 0 Å². The molecule has 0 aliphatic rings. The second-order valence-corrected chi connectivity index (χ2v) is 5.94. The van der Waals surface area contributed by atoms with Crippen molar-refractivity contribution in [3.8, 4) is 17.0 Å². The lowest BCUT2D eigenvalue weighted by molar-refractivity contribution is 0.415. The number of aromatic nitrogens is 4. The highest BCUT2D eigenvalue weighted by atomic mass is 32.2. The summed E-state index contributed by atoms with van der Waals surface area (Å²) in [5.74, 6) is 1.04. The van der Waals surface area contributed by atoms with Crippen LogP contribution in [-0.2, 0) is 7.05 Å². The van der Waals surface area contributed by atoms with E-state index in [1.165, 1.54) is 10.2 Å². The molecule has 0 atom stereocenters. The van der Waals surface area contributed by atoms with Crippen molar-refractivity contribution in [2.24, 2.45) is 7.05 Å². The second-order valence-electron chi connectivity index (χ2n) is 5.43. The topological polar surface area (TPSA) is 70.9 Å². The zero-order valence-corrected chi connectivity index (χ0v) is 13.8. The fourth-order valence-corrected chi connectivity index (χ4v) is 3.36. The van der Waals surface area contributed by atoms with E-state index < -0.39 is 0 Å². The Morgan fingerprint density at radius 3 is 2.88 bits per heavy atom. The maximum Gasteiger partial charge on any atom is 0.171 e. The maximum absolute atomic E-state index is 13.6. The highest BCUT2D eigenvalue weighted by molar-refractivity contribution is 7.93. The first-order chi connectivity index (χ1) is 11.6. The minimum Gasteiger partial charge on any atom is -0.497 e. The molecule has 4 rings (SSSR count). The Bertz CT molecular complexity index is 1070. The molecule has 4 aromatic rings. The van der Waals surface area contributed by atoms with Crippen LogP contribution in [0, 0.1) is 0 Å². The monoisotopic (exact) mass is 343 g/mol. The van der Waals surface area contributed by atoms with Crippen LogP contribution >= 0.6 is 12.3 Å². The molecule has 1 aromatic carbocycles. The Labute approximate surface area is 141 Å². The van der Waals surface area contributed by atoms with E-state index >= 15 is 0 Å². The Morgan fingerprint density at radius 2 is 2.12 bits per heavy atom. The van der Waals surface area contributed by atoms with Gasteiger partial charge in [-0.3, -0.25) is 0 Å². The van der Waals surface area contributed by atoms with E-state index in [4.69, 9.17) is 10.5 Å². The summed E-state index contributed by atoms with van der Waals surface area (Å²) in [4.78, 5) is 8.44. The molecular formula is C16H14FN5OS. The van der Waals surface area contributed by atoms with E-state index in [1.54, 1.807) is 13.2 Å². The summed E-state index contributed by atoms with van der Waals surface area (Å²) in [5.41, 5.74) is 9.24. The Balaban J connectivity index is 2.05. The van der Waals surface area contributed by atoms with E-state index in [9.17, 15) is 3.89 Å². The molecule has 24 heavy (non-hydrogen) atoms. The van der Waals surface area contributed by atoms with Gasteiger partial charge in [-0.15, -0.1) is 3.89 Å². The molecule has 3 heterocycles. The van der Waals surface area contributed by atoms with Crippen molar-refractivity contribution in [1.82, 2.24) is 18.5 Å². The van der Waals surface area contributed by atoms with Crippen LogP contribution in [0.5, 0.6) is 5.75 Å². The molecule has 0 aliphatic carbocycles. The highest BCUT2D eigenvalue weighted by Gasteiger charge is 2.18. The smallest absolute Gasteiger partial charge is 0.171 e. The van der Waals surface area contributed by atoms with E-state index in [1.807, 2.05) is 36.0 Å². The maximum atomic E-state index is 13.6. The van der Waals surface area contributed by atoms with Gasteiger partial charge in [-0.2, -0.15) is 0 Å². The largest absolute Gasteiger partial charge is 0.497 e. The lowest BCUT2D eigenvalue weighted by Gasteiger charge is -2.04. The number of fused-ring (bicyclic) bond motifs is 2. The van der Waals surface area contributed by atoms with Gasteiger partial charge in [-0.1, -0.05) is 0 Å². The quantitative estimate of drug-likeness (QED) is 0.616. The molecule has 0 saturated heterocycles. The van der Waals surface area contributed by atoms with Gasteiger partial charge in [0.25, 0.3) is 0 Å². The summed E-state index contributed by atoms with van der Waals surface area (Å²) in [7, 11) is 3.57. The van der Waals surface area contributed by atoms with Crippen molar-refractivity contribution in [3.63, 3.8) is 0 Å². The second kappa shape index (κ2) is 5.41. The van der Waals surface area contributed by atoms with Gasteiger partial charge in [0.05, 0.1) is 19.0 Å². The van der Waals surface area contributed by atoms with Crippen molar-refractivity contribution < 1.29 is 8.62 Å². The number of nitrogens with zero attached hydrogens (tertiary/aromatic N) is 4. The fourth-order valence-electron chi connectivity index (χ4n) is 2.93. The standard InChI is InChI=1S/C16H14FN5OS/c1-21-8-11(10-5-9(23-2)3-4-13(10)21)14-6-12-16(22(14)24-17)19-7-15(18)20-12/h3-8H,1-2H3,(H2,18,20). The van der Waals surface area contributed by atoms with Crippen molar-refractivity contribution in [3.05, 3.63) is 36.7 Å². The Hall–Kier alpha value is -2.74. The highest BCUT2D eigenvalue weighted by Crippen LogP contribution is 2.37. The summed E-state index contributed by atoms with van der Waals surface area (Å²) < 4.78 is 22.4. The van der Waals surface area contributed by atoms with Crippen LogP contribution in [0.25, 0.3) is 33.3 Å². The van der Waals surface area contributed by atoms with Gasteiger partial charge in [0.2, 0.25) is 0 Å². The molecule has 6 nitrogen and oxygen atoms in total. The van der Waals surface area contributed by atoms with E-state index in [2.05, 4.69) is 9.97 Å². The van der Waals surface area contributed by atoms with Gasteiger partial charge in [-0.25, -0.2) is 13.9 Å². The third-order valence-corrected chi connectivity index (χ3v) is 4.53. The van der Waals surface area contributed by atoms with Crippen molar-refractivity contribution in [2.75, 3.05) is 12.8 Å². The number of nitrogen functional groups attached to an aromatic ring is 1. The molecule has 0 fully saturated rings. The molecule has 3 aromatic heterocycles. The van der Waals surface area contributed by atoms with E-state index in [0.717, 1.165) is 22.2 Å². The molecule has 0 saturated carbocycles. The zero-order chi connectivity index (χ0) is 16.8. The minimum atomic E-state index is 0.0929. The molecule has 0 bridgehead atoms. The first-order valence-electron chi connectivity index (χ1n) is 7.19. The summed E-state index contributed by atoms with van der Waals surface area (Å²) in [5, 5.41) is 0.961. The summed E-state index contributed by atoms with van der Waals surface area (Å²) in [6, 6.07) is 7.60. The summed E-state index contributed by atoms with van der Waals surface area (Å²) in [6.07, 6.45) is 3.37. The van der Waals surface area contributed by atoms with Crippen LogP contribution in [0.4, 0.5) is 9.70 Å². The van der Waals surface area contributed by atoms with E-state index in [-0.39, 0.29) is 12.3 Å². The normalized spacial score (nSPS) is 11.5. The van der Waals surface area contributed by atoms with Gasteiger partial charge < -0.3 is 15.0 Å². The lowest BCUT2D eigenvalue weighted by atomic mass is 10.1. The molecular weight excluding hydrogens is 329 g/mol. The SMILES string of the molecule is COc1ccc2c(c1)c(-c1cc3nc(N)cnc3n1SF)cn2C. The molecule has 0 radical (unpaired) electrons. The minimum absolute atomic E-state index is 0.0929. The first-order valence-corrected chi connectivity index (χ1v) is 7.86. The molecule has 8 heteroatoms. The fraction of sp³-hybridized carbons (Fsp3) is 0.125. The van der Waals surface area contributed by atoms with E-state index in [0.29, 0.717) is 22.7 Å². The summed E-state index contributed by atoms with van der Waals surface area (Å²) >= 11 is 0.0929. The number of aryl methyl sites for hydroxylation is 1. The number of hydrogen-bond acceptors (Lipinski definition) is 5. The average molecular weight is 343 g/mol. The van der Waals surface area contributed by atoms with Gasteiger partial charge in [0, 0.05) is 29.7 Å². The van der Waals surface area contributed by atoms with Gasteiger partial charge in [-0.05, 0) is 24.3 Å². The predicted octanol–water partition coefficient (Wildman–Crippen LogP) is 3.56. The van der Waals surface area contributed by atoms with Crippen LogP contribution < -0.4 is 10.5 Å². The molecule has 122 valence electrons. The number of rotatable bonds is 3. The van der Waals surface area contributed by atoms with Gasteiger partial charge in [0.15, 0.2) is 18.0 Å². The number of benzene rings is 1. The molecule has 2 N–H and O–H groups in total. The molecule has 0 unspecified atom stereocenters. The van der Waals surface area contributed by atoms with Crippen LogP contribution in [0.3, 0.4) is 0 Å². The number of ether oxygens (including phenoxy) is 1. The summed E-state index contributed by atoms with van der Waals surface area (Å²) in [6.45, 7) is 0. The predicted molar refractivity (Wildman–Crippen MR) is 94.5 cm³/mol. The number of halogens is 1. The number of anilines is 1. The van der Waals surface area contributed by atoms with Crippen LogP contribution in [-0.4, -0.2) is 25.6 Å². The average Bonchev–Trinajstić information content (AvgIpc) is 3.11. The number of methoxy groups -OCH3 is 1. The molecule has 0 amide bonds. The van der Waals surface area contributed by atoms with Crippen molar-refractivity contribution >= 4 is 40.2 Å². The van der Waals surface area contributed by atoms with Crippen molar-refractivity contribution in [2.45, 2.75) is 0 Å². The van der Waals surface area contributed by atoms with Crippen LogP contribution in [0.1, 0.15) is 0 Å². The molecule has 0 spiro atoms.